The molecule has 4 aromatic rings. The number of thiol groups is 1. The highest BCUT2D eigenvalue weighted by molar-refractivity contribution is 7.97. The van der Waals surface area contributed by atoms with Crippen molar-refractivity contribution in [3.8, 4) is 22.8 Å². The normalized spacial score (nSPS) is 12.9. The summed E-state index contributed by atoms with van der Waals surface area (Å²) in [5.74, 6) is 0.507. The fourth-order valence-corrected chi connectivity index (χ4v) is 5.59. The number of ether oxygens (including phenoxy) is 1. The maximum atomic E-state index is 13.3. The molecule has 0 spiro atoms. The number of aromatic nitrogens is 4. The Labute approximate surface area is 328 Å². The number of primary amides is 1. The first kappa shape index (κ1) is 44.6. The monoisotopic (exact) mass is 787 g/mol. The van der Waals surface area contributed by atoms with Crippen LogP contribution >= 0.6 is 24.6 Å². The maximum absolute atomic E-state index is 13.3. The molecule has 5 rings (SSSR count). The van der Waals surface area contributed by atoms with E-state index in [2.05, 4.69) is 38.7 Å². The smallest absolute Gasteiger partial charge is 0.397 e. The highest BCUT2D eigenvalue weighted by atomic mass is 32.2. The summed E-state index contributed by atoms with van der Waals surface area (Å²) in [6.45, 7) is 10.5. The van der Waals surface area contributed by atoms with Gasteiger partial charge in [0.05, 0.1) is 22.2 Å². The van der Waals surface area contributed by atoms with Gasteiger partial charge < -0.3 is 15.4 Å². The number of unbranched alkanes of at least 4 members (excludes halogenated alkanes) is 3. The molecule has 3 aromatic heterocycles. The third-order valence-electron chi connectivity index (χ3n) is 8.80. The molecule has 0 unspecified atom stereocenters. The third kappa shape index (κ3) is 13.5. The van der Waals surface area contributed by atoms with Crippen LogP contribution in [0.1, 0.15) is 85.6 Å². The Morgan fingerprint density at radius 3 is 2.31 bits per heavy atom. The third-order valence-corrected chi connectivity index (χ3v) is 9.78. The highest BCUT2D eigenvalue weighted by Gasteiger charge is 2.48. The van der Waals surface area contributed by atoms with E-state index >= 15 is 0 Å². The molecule has 14 heteroatoms. The first-order valence-corrected chi connectivity index (χ1v) is 19.9. The van der Waals surface area contributed by atoms with Gasteiger partial charge in [-0.15, -0.1) is 5.10 Å². The summed E-state index contributed by atoms with van der Waals surface area (Å²) in [4.78, 5) is 23.5. The van der Waals surface area contributed by atoms with Crippen LogP contribution < -0.4 is 20.5 Å². The number of amides is 1. The van der Waals surface area contributed by atoms with E-state index in [9.17, 15) is 18.0 Å². The quantitative estimate of drug-likeness (QED) is 0.0549. The summed E-state index contributed by atoms with van der Waals surface area (Å²) in [6.07, 6.45) is 6.36. The largest absolute Gasteiger partial charge is 0.476 e. The van der Waals surface area contributed by atoms with Gasteiger partial charge in [-0.25, -0.2) is 9.67 Å². The molecule has 1 amide bonds. The van der Waals surface area contributed by atoms with E-state index in [1.807, 2.05) is 70.2 Å². The van der Waals surface area contributed by atoms with Crippen LogP contribution in [0.2, 0.25) is 0 Å². The second-order valence-corrected chi connectivity index (χ2v) is 15.7. The molecule has 0 radical (unpaired) electrons. The zero-order valence-electron chi connectivity index (χ0n) is 32.3. The lowest BCUT2D eigenvalue weighted by Gasteiger charge is -2.31. The van der Waals surface area contributed by atoms with Gasteiger partial charge in [0.25, 0.3) is 0 Å². The predicted molar refractivity (Wildman–Crippen MR) is 217 cm³/mol. The Bertz CT molecular complexity index is 1750. The molecule has 4 N–H and O–H groups in total. The van der Waals surface area contributed by atoms with E-state index in [1.54, 1.807) is 29.2 Å². The maximum Gasteiger partial charge on any atom is 0.397 e. The molecule has 0 aliphatic heterocycles. The molecular formula is C40H56F3N7O2S2. The van der Waals surface area contributed by atoms with E-state index in [-0.39, 0.29) is 11.8 Å². The minimum Gasteiger partial charge on any atom is -0.476 e. The Morgan fingerprint density at radius 2 is 1.67 bits per heavy atom. The molecule has 0 bridgehead atoms. The van der Waals surface area contributed by atoms with Crippen molar-refractivity contribution in [2.24, 2.45) is 21.7 Å². The molecule has 1 fully saturated rings. The number of aryl methyl sites for hydroxylation is 1. The second-order valence-electron chi connectivity index (χ2n) is 14.3. The standard InChI is InChI=1S/C35H44F3N7O2S.C3H6S.C2H6/c1-33(2,32(39)46)23-44(28-17-11-18-30(42-28)48-40)21-10-6-5-7-13-25-14-8-9-15-26(25)31-27(16-12-20-41-31)45-22-19-29(43-45)47-24-34(3,4)35(36,37)38;4-3-1-2-3;1-2/h8-9,11-12,14-20,22H,5-7,10,13,21,23-24,40H2,1-4H3,(H2,39,46);3-4H,1-2H2;1-2H3. The lowest BCUT2D eigenvalue weighted by Crippen LogP contribution is -2.43. The molecule has 1 aliphatic rings. The average molecular weight is 788 g/mol. The number of rotatable bonds is 17. The van der Waals surface area contributed by atoms with Gasteiger partial charge in [-0.05, 0) is 102 Å². The number of hydrogen-bond acceptors (Lipinski definition) is 9. The SMILES string of the molecule is CC.CC(C)(CN(CCCCCCc1ccccc1-c1ncccc1-n1ccc(OCC(C)(C)C(F)(F)F)n1)c1cccc(SN)n1)C(N)=O.SC1CC1. The molecule has 54 heavy (non-hydrogen) atoms. The van der Waals surface area contributed by atoms with Gasteiger partial charge in [0.2, 0.25) is 11.8 Å². The van der Waals surface area contributed by atoms with Crippen LogP contribution in [0.15, 0.2) is 78.1 Å². The molecular weight excluding hydrogens is 732 g/mol. The topological polar surface area (TPSA) is 125 Å². The summed E-state index contributed by atoms with van der Waals surface area (Å²) in [7, 11) is 0. The van der Waals surface area contributed by atoms with E-state index in [0.29, 0.717) is 17.3 Å². The van der Waals surface area contributed by atoms with Gasteiger partial charge in [0, 0.05) is 42.4 Å². The van der Waals surface area contributed by atoms with Crippen LogP contribution in [0.5, 0.6) is 5.88 Å². The second kappa shape index (κ2) is 20.8. The molecule has 1 aromatic carbocycles. The van der Waals surface area contributed by atoms with Gasteiger partial charge in [-0.1, -0.05) is 57.0 Å². The molecule has 0 atom stereocenters. The number of anilines is 1. The number of nitrogens with zero attached hydrogens (tertiary/aromatic N) is 5. The van der Waals surface area contributed by atoms with E-state index in [0.717, 1.165) is 92.3 Å². The van der Waals surface area contributed by atoms with Crippen molar-refractivity contribution < 1.29 is 22.7 Å². The number of nitrogens with two attached hydrogens (primary N) is 2. The van der Waals surface area contributed by atoms with Crippen molar-refractivity contribution in [3.63, 3.8) is 0 Å². The summed E-state index contributed by atoms with van der Waals surface area (Å²) in [5, 5.41) is 11.6. The van der Waals surface area contributed by atoms with Crippen LogP contribution in [0.3, 0.4) is 0 Å². The summed E-state index contributed by atoms with van der Waals surface area (Å²) < 4.78 is 46.9. The van der Waals surface area contributed by atoms with E-state index in [4.69, 9.17) is 15.6 Å². The van der Waals surface area contributed by atoms with Gasteiger partial charge in [-0.2, -0.15) is 25.8 Å². The summed E-state index contributed by atoms with van der Waals surface area (Å²) in [6, 6.07) is 19.0. The van der Waals surface area contributed by atoms with Gasteiger partial charge >= 0.3 is 6.18 Å². The van der Waals surface area contributed by atoms with Crippen molar-refractivity contribution in [2.75, 3.05) is 24.6 Å². The lowest BCUT2D eigenvalue weighted by atomic mass is 9.91. The zero-order valence-corrected chi connectivity index (χ0v) is 34.0. The van der Waals surface area contributed by atoms with Crippen molar-refractivity contribution in [3.05, 3.63) is 78.6 Å². The molecule has 0 saturated heterocycles. The summed E-state index contributed by atoms with van der Waals surface area (Å²) >= 11 is 5.16. The van der Waals surface area contributed by atoms with E-state index in [1.165, 1.54) is 12.8 Å². The molecule has 9 nitrogen and oxygen atoms in total. The number of benzene rings is 1. The zero-order chi connectivity index (χ0) is 39.9. The Morgan fingerprint density at radius 1 is 0.981 bits per heavy atom. The lowest BCUT2D eigenvalue weighted by molar-refractivity contribution is -0.219. The fourth-order valence-electron chi connectivity index (χ4n) is 5.13. The number of alkyl halides is 3. The Balaban J connectivity index is 0.00000120. The van der Waals surface area contributed by atoms with Gasteiger partial charge in [0.1, 0.15) is 17.5 Å². The van der Waals surface area contributed by atoms with Gasteiger partial charge in [-0.3, -0.25) is 14.9 Å². The Kier molecular flexibility index (Phi) is 17.2. The Hall–Kier alpha value is -3.75. The number of pyridine rings is 2. The van der Waals surface area contributed by atoms with Crippen molar-refractivity contribution in [1.82, 2.24) is 19.7 Å². The predicted octanol–water partition coefficient (Wildman–Crippen LogP) is 9.49. The first-order valence-electron chi connectivity index (χ1n) is 18.5. The van der Waals surface area contributed by atoms with E-state index < -0.39 is 23.6 Å². The minimum atomic E-state index is -4.40. The molecule has 1 aliphatic carbocycles. The van der Waals surface area contributed by atoms with Crippen molar-refractivity contribution in [2.45, 2.75) is 103 Å². The highest BCUT2D eigenvalue weighted by Crippen LogP contribution is 2.38. The average Bonchev–Trinajstić information content (AvgIpc) is 3.79. The fraction of sp³-hybridized carbons (Fsp3) is 0.500. The van der Waals surface area contributed by atoms with Crippen LogP contribution in [0.25, 0.3) is 16.9 Å². The number of carbonyl (C=O) groups is 1. The number of hydrogen-bond donors (Lipinski definition) is 3. The van der Waals surface area contributed by atoms with Crippen molar-refractivity contribution >= 4 is 36.3 Å². The minimum absolute atomic E-state index is 0.105. The number of halogens is 3. The number of carbonyl (C=O) groups excluding carboxylic acids is 1. The van der Waals surface area contributed by atoms with Gasteiger partial charge in [0.15, 0.2) is 0 Å². The molecule has 3 heterocycles. The van der Waals surface area contributed by atoms with Crippen LogP contribution in [-0.4, -0.2) is 56.8 Å². The first-order chi connectivity index (χ1) is 25.6. The van der Waals surface area contributed by atoms with Crippen molar-refractivity contribution in [1.29, 1.82) is 0 Å². The molecule has 1 saturated carbocycles. The summed E-state index contributed by atoms with van der Waals surface area (Å²) in [5.41, 5.74) is 6.46. The molecule has 296 valence electrons. The van der Waals surface area contributed by atoms with Crippen LogP contribution in [0, 0.1) is 10.8 Å². The van der Waals surface area contributed by atoms with Crippen LogP contribution in [0.4, 0.5) is 19.0 Å². The van der Waals surface area contributed by atoms with Crippen LogP contribution in [-0.2, 0) is 11.2 Å².